The number of nitrogens with two attached hydrogens (primary N) is 2. The third kappa shape index (κ3) is 5.91. The summed E-state index contributed by atoms with van der Waals surface area (Å²) in [4.78, 5) is 55.3. The molecule has 11 nitrogen and oxygen atoms in total. The Balaban J connectivity index is 1.97. The van der Waals surface area contributed by atoms with E-state index in [0.717, 1.165) is 0 Å². The molecule has 37 heavy (non-hydrogen) atoms. The Kier molecular flexibility index (Phi) is 8.88. The van der Waals surface area contributed by atoms with E-state index in [1.54, 1.807) is 0 Å². The van der Waals surface area contributed by atoms with Gasteiger partial charge >= 0.3 is 0 Å². The van der Waals surface area contributed by atoms with Crippen molar-refractivity contribution in [1.29, 1.82) is 0 Å². The lowest BCUT2D eigenvalue weighted by Crippen LogP contribution is -2.65. The van der Waals surface area contributed by atoms with Gasteiger partial charge in [-0.1, -0.05) is 12.1 Å². The first-order chi connectivity index (χ1) is 17.4. The average molecular weight is 522 g/mol. The molecule has 7 N–H and O–H groups in total. The van der Waals surface area contributed by atoms with Crippen molar-refractivity contribution in [2.45, 2.75) is 81.8 Å². The summed E-state index contributed by atoms with van der Waals surface area (Å²) in [5.41, 5.74) is 10.3. The van der Waals surface area contributed by atoms with E-state index < -0.39 is 65.3 Å². The fourth-order valence-electron chi connectivity index (χ4n) is 5.21. The summed E-state index contributed by atoms with van der Waals surface area (Å²) in [5.74, 6) is -3.08. The van der Waals surface area contributed by atoms with Crippen LogP contribution in [0.25, 0.3) is 0 Å². The number of hydrogen-bond donors (Lipinski definition) is 5. The van der Waals surface area contributed by atoms with Gasteiger partial charge in [0.1, 0.15) is 29.5 Å². The normalized spacial score (nSPS) is 24.9. The molecule has 204 valence electrons. The molecule has 0 bridgehead atoms. The Morgan fingerprint density at radius 1 is 1.11 bits per heavy atom. The largest absolute Gasteiger partial charge is 0.391 e. The van der Waals surface area contributed by atoms with Crippen LogP contribution in [0.3, 0.4) is 0 Å². The fraction of sp³-hybridized carbons (Fsp3) is 0.600. The molecule has 3 rings (SSSR count). The first-order valence-electron chi connectivity index (χ1n) is 12.5. The number of hydrogen-bond acceptors (Lipinski definition) is 7. The third-order valence-corrected chi connectivity index (χ3v) is 7.29. The summed E-state index contributed by atoms with van der Waals surface area (Å²) >= 11 is 0. The Bertz CT molecular complexity index is 1020. The standard InChI is InChI=1S/C25H36FN5O6/c1-14(32)19(27)23(36)30-11-3-5-18(30)22(35)31-12-4-10-25(31,13-16-6-8-17(26)9-7-16)24(37)29-20(15(2)33)21(28)34/h6-9,14-15,18-20,32-33H,3-5,10-13,27H2,1-2H3,(H2,28,34)(H,29,37)/t14-,15-,18+,19+,20?,25-/m1/s1. The molecule has 1 aromatic carbocycles. The highest BCUT2D eigenvalue weighted by molar-refractivity contribution is 5.98. The van der Waals surface area contributed by atoms with E-state index in [-0.39, 0.29) is 25.9 Å². The Morgan fingerprint density at radius 2 is 1.76 bits per heavy atom. The molecule has 0 spiro atoms. The minimum atomic E-state index is -1.47. The van der Waals surface area contributed by atoms with E-state index in [1.807, 2.05) is 0 Å². The summed E-state index contributed by atoms with van der Waals surface area (Å²) < 4.78 is 13.6. The van der Waals surface area contributed by atoms with Crippen LogP contribution in [0, 0.1) is 5.82 Å². The molecule has 4 amide bonds. The second-order valence-corrected chi connectivity index (χ2v) is 9.98. The molecular weight excluding hydrogens is 485 g/mol. The van der Waals surface area contributed by atoms with Crippen LogP contribution in [-0.2, 0) is 25.6 Å². The van der Waals surface area contributed by atoms with Gasteiger partial charge in [-0.05, 0) is 57.2 Å². The highest BCUT2D eigenvalue weighted by Gasteiger charge is 2.53. The number of halogens is 1. The molecule has 1 aromatic rings. The SMILES string of the molecule is C[C@@H](O)C(NC(=O)[C@]1(Cc2ccc(F)cc2)CCCN1C(=O)[C@@H]1CCCN1C(=O)[C@@H](N)[C@@H](C)O)C(N)=O. The van der Waals surface area contributed by atoms with E-state index >= 15 is 0 Å². The molecule has 2 heterocycles. The van der Waals surface area contributed by atoms with E-state index in [4.69, 9.17) is 11.5 Å². The lowest BCUT2D eigenvalue weighted by Gasteiger charge is -2.41. The number of nitrogens with one attached hydrogen (secondary N) is 1. The topological polar surface area (TPSA) is 179 Å². The molecule has 2 aliphatic heterocycles. The summed E-state index contributed by atoms with van der Waals surface area (Å²) in [5, 5.41) is 22.3. The maximum absolute atomic E-state index is 13.9. The summed E-state index contributed by atoms with van der Waals surface area (Å²) in [6.07, 6.45) is -0.759. The predicted molar refractivity (Wildman–Crippen MR) is 131 cm³/mol. The van der Waals surface area contributed by atoms with E-state index in [2.05, 4.69) is 5.32 Å². The smallest absolute Gasteiger partial charge is 0.247 e. The zero-order valence-corrected chi connectivity index (χ0v) is 21.1. The van der Waals surface area contributed by atoms with Gasteiger partial charge in [-0.25, -0.2) is 4.39 Å². The van der Waals surface area contributed by atoms with E-state index in [9.17, 15) is 33.8 Å². The van der Waals surface area contributed by atoms with Crippen molar-refractivity contribution < 1.29 is 33.8 Å². The van der Waals surface area contributed by atoms with Gasteiger partial charge in [-0.2, -0.15) is 0 Å². The van der Waals surface area contributed by atoms with Crippen LogP contribution in [0.2, 0.25) is 0 Å². The zero-order valence-electron chi connectivity index (χ0n) is 21.1. The van der Waals surface area contributed by atoms with Gasteiger partial charge < -0.3 is 36.8 Å². The predicted octanol–water partition coefficient (Wildman–Crippen LogP) is -1.22. The molecule has 2 saturated heterocycles. The molecule has 0 aliphatic carbocycles. The van der Waals surface area contributed by atoms with Crippen molar-refractivity contribution in [1.82, 2.24) is 15.1 Å². The molecule has 0 saturated carbocycles. The Hall–Kier alpha value is -3.09. The first kappa shape index (κ1) is 28.5. The third-order valence-electron chi connectivity index (χ3n) is 7.29. The van der Waals surface area contributed by atoms with Crippen molar-refractivity contribution in [3.8, 4) is 0 Å². The first-order valence-corrected chi connectivity index (χ1v) is 12.5. The van der Waals surface area contributed by atoms with Crippen molar-refractivity contribution in [3.05, 3.63) is 35.6 Å². The van der Waals surface area contributed by atoms with Crippen LogP contribution in [0.1, 0.15) is 45.1 Å². The number of carbonyl (C=O) groups is 4. The highest BCUT2D eigenvalue weighted by atomic mass is 19.1. The van der Waals surface area contributed by atoms with E-state index in [1.165, 1.54) is 47.9 Å². The lowest BCUT2D eigenvalue weighted by atomic mass is 9.86. The number of rotatable bonds is 9. The molecule has 12 heteroatoms. The number of nitrogens with zero attached hydrogens (tertiary/aromatic N) is 2. The minimum Gasteiger partial charge on any atom is -0.391 e. The number of aliphatic hydroxyl groups excluding tert-OH is 2. The van der Waals surface area contributed by atoms with Gasteiger partial charge in [-0.15, -0.1) is 0 Å². The van der Waals surface area contributed by atoms with Gasteiger partial charge in [0, 0.05) is 19.5 Å². The fourth-order valence-corrected chi connectivity index (χ4v) is 5.21. The number of aliphatic hydroxyl groups is 2. The van der Waals surface area contributed by atoms with Crippen LogP contribution < -0.4 is 16.8 Å². The lowest BCUT2D eigenvalue weighted by molar-refractivity contribution is -0.152. The molecule has 2 aliphatic rings. The molecule has 0 aromatic heterocycles. The Morgan fingerprint density at radius 3 is 2.32 bits per heavy atom. The van der Waals surface area contributed by atoms with Crippen molar-refractivity contribution in [2.75, 3.05) is 13.1 Å². The van der Waals surface area contributed by atoms with Crippen LogP contribution in [0.5, 0.6) is 0 Å². The van der Waals surface area contributed by atoms with Crippen molar-refractivity contribution in [2.24, 2.45) is 11.5 Å². The van der Waals surface area contributed by atoms with Gasteiger partial charge in [-0.3, -0.25) is 19.2 Å². The zero-order chi connectivity index (χ0) is 27.5. The quantitative estimate of drug-likeness (QED) is 0.270. The monoisotopic (exact) mass is 521 g/mol. The summed E-state index contributed by atoms with van der Waals surface area (Å²) in [7, 11) is 0. The molecule has 6 atom stereocenters. The number of likely N-dealkylation sites (tertiary alicyclic amines) is 2. The molecule has 1 unspecified atom stereocenters. The molecular formula is C25H36FN5O6. The number of benzene rings is 1. The van der Waals surface area contributed by atoms with Gasteiger partial charge in [0.25, 0.3) is 0 Å². The van der Waals surface area contributed by atoms with Crippen molar-refractivity contribution >= 4 is 23.6 Å². The van der Waals surface area contributed by atoms with E-state index in [0.29, 0.717) is 24.8 Å². The number of primary amides is 1. The van der Waals surface area contributed by atoms with Gasteiger partial charge in [0.15, 0.2) is 0 Å². The summed E-state index contributed by atoms with van der Waals surface area (Å²) in [6.45, 7) is 3.20. The van der Waals surface area contributed by atoms with Gasteiger partial charge in [0.05, 0.1) is 12.2 Å². The van der Waals surface area contributed by atoms with Crippen molar-refractivity contribution in [3.63, 3.8) is 0 Å². The van der Waals surface area contributed by atoms with Crippen LogP contribution in [-0.4, -0.2) is 92.6 Å². The number of carbonyl (C=O) groups excluding carboxylic acids is 4. The average Bonchev–Trinajstić information content (AvgIpc) is 3.50. The second-order valence-electron chi connectivity index (χ2n) is 9.98. The molecule has 0 radical (unpaired) electrons. The maximum atomic E-state index is 13.9. The molecule has 2 fully saturated rings. The van der Waals surface area contributed by atoms with Crippen LogP contribution in [0.15, 0.2) is 24.3 Å². The maximum Gasteiger partial charge on any atom is 0.247 e. The van der Waals surface area contributed by atoms with Gasteiger partial charge in [0.2, 0.25) is 23.6 Å². The summed E-state index contributed by atoms with van der Waals surface area (Å²) in [6, 6.07) is 2.07. The minimum absolute atomic E-state index is 0.0179. The van der Waals surface area contributed by atoms with Crippen LogP contribution in [0.4, 0.5) is 4.39 Å². The number of amides is 4. The second kappa shape index (κ2) is 11.5. The highest BCUT2D eigenvalue weighted by Crippen LogP contribution is 2.36. The van der Waals surface area contributed by atoms with Crippen LogP contribution >= 0.6 is 0 Å². The Labute approximate surface area is 215 Å².